The van der Waals surface area contributed by atoms with Crippen LogP contribution in [0, 0.1) is 19.8 Å². The third-order valence-corrected chi connectivity index (χ3v) is 4.49. The topological polar surface area (TPSA) is 52.8 Å². The average Bonchev–Trinajstić information content (AvgIpc) is 2.87. The van der Waals surface area contributed by atoms with E-state index in [0.29, 0.717) is 25.0 Å². The van der Waals surface area contributed by atoms with E-state index in [2.05, 4.69) is 19.8 Å². The average molecular weight is 372 g/mol. The van der Waals surface area contributed by atoms with Crippen LogP contribution in [0.15, 0.2) is 12.1 Å². The first kappa shape index (κ1) is 18.6. The van der Waals surface area contributed by atoms with Gasteiger partial charge in [-0.05, 0) is 45.1 Å². The number of hydrogen-bond donors (Lipinski definition) is 0. The Labute approximate surface area is 148 Å². The lowest BCUT2D eigenvalue weighted by Gasteiger charge is -2.28. The first-order chi connectivity index (χ1) is 12.2. The molecule has 9 heteroatoms. The Balaban J connectivity index is 1.87. The maximum Gasteiger partial charge on any atom is 0.388 e. The number of hydrogen-bond acceptors (Lipinski definition) is 4. The molecule has 0 aromatic carbocycles. The lowest BCUT2D eigenvalue weighted by Crippen LogP contribution is -2.25. The van der Waals surface area contributed by atoms with Gasteiger partial charge in [-0.2, -0.15) is 18.9 Å². The van der Waals surface area contributed by atoms with Gasteiger partial charge < -0.3 is 4.74 Å². The molecule has 2 aromatic rings. The van der Waals surface area contributed by atoms with Crippen LogP contribution < -0.4 is 4.74 Å². The molecule has 2 aromatic heterocycles. The quantitative estimate of drug-likeness (QED) is 0.737. The van der Waals surface area contributed by atoms with Gasteiger partial charge in [0.2, 0.25) is 11.8 Å². The molecule has 1 fully saturated rings. The molecule has 1 aliphatic carbocycles. The van der Waals surface area contributed by atoms with E-state index in [1.807, 2.05) is 6.07 Å². The van der Waals surface area contributed by atoms with Gasteiger partial charge in [0.15, 0.2) is 0 Å². The summed E-state index contributed by atoms with van der Waals surface area (Å²) in [6.07, 6.45) is 0.833. The van der Waals surface area contributed by atoms with Gasteiger partial charge in [-0.3, -0.25) is 0 Å². The van der Waals surface area contributed by atoms with Gasteiger partial charge in [-0.25, -0.2) is 18.4 Å². The van der Waals surface area contributed by atoms with E-state index in [1.165, 1.54) is 10.7 Å². The Morgan fingerprint density at radius 1 is 1.19 bits per heavy atom. The standard InChI is InChI=1S/C17H20F4N4O/c1-10-7-11(2)25(24-10)16-22-13(9-14(23-16)26-15(18)19)8-12-3-5-17(20,21)6-4-12/h7,9,12,15H,3-6,8H2,1-2H3. The molecule has 0 saturated heterocycles. The molecule has 0 unspecified atom stereocenters. The number of alkyl halides is 4. The second-order valence-electron chi connectivity index (χ2n) is 6.72. The number of ether oxygens (including phenoxy) is 1. The largest absolute Gasteiger partial charge is 0.417 e. The highest BCUT2D eigenvalue weighted by Crippen LogP contribution is 2.37. The lowest BCUT2D eigenvalue weighted by molar-refractivity contribution is -0.0533. The van der Waals surface area contributed by atoms with Crippen molar-refractivity contribution in [3.63, 3.8) is 0 Å². The second kappa shape index (κ2) is 7.20. The van der Waals surface area contributed by atoms with Gasteiger partial charge >= 0.3 is 6.61 Å². The molecule has 0 N–H and O–H groups in total. The zero-order valence-corrected chi connectivity index (χ0v) is 14.6. The fraction of sp³-hybridized carbons (Fsp3) is 0.588. The minimum Gasteiger partial charge on any atom is -0.417 e. The van der Waals surface area contributed by atoms with Crippen molar-refractivity contribution in [2.45, 2.75) is 58.5 Å². The first-order valence-corrected chi connectivity index (χ1v) is 8.46. The number of aryl methyl sites for hydroxylation is 2. The molecule has 26 heavy (non-hydrogen) atoms. The van der Waals surface area contributed by atoms with E-state index in [9.17, 15) is 17.6 Å². The van der Waals surface area contributed by atoms with Crippen molar-refractivity contribution in [3.05, 3.63) is 29.2 Å². The summed E-state index contributed by atoms with van der Waals surface area (Å²) in [5.74, 6) is -2.71. The van der Waals surface area contributed by atoms with Crippen LogP contribution in [-0.2, 0) is 6.42 Å². The van der Waals surface area contributed by atoms with Gasteiger partial charge in [0.1, 0.15) is 0 Å². The van der Waals surface area contributed by atoms with Crippen molar-refractivity contribution in [2.75, 3.05) is 0 Å². The van der Waals surface area contributed by atoms with Crippen molar-refractivity contribution < 1.29 is 22.3 Å². The van der Waals surface area contributed by atoms with Crippen molar-refractivity contribution in [1.82, 2.24) is 19.7 Å². The van der Waals surface area contributed by atoms with Gasteiger partial charge in [-0.1, -0.05) is 0 Å². The van der Waals surface area contributed by atoms with Crippen LogP contribution in [0.5, 0.6) is 5.88 Å². The molecule has 0 amide bonds. The zero-order valence-electron chi connectivity index (χ0n) is 14.6. The van der Waals surface area contributed by atoms with Gasteiger partial charge in [0.05, 0.1) is 11.4 Å². The summed E-state index contributed by atoms with van der Waals surface area (Å²) in [6.45, 7) is 0.582. The summed E-state index contributed by atoms with van der Waals surface area (Å²) in [4.78, 5) is 8.39. The highest BCUT2D eigenvalue weighted by Gasteiger charge is 2.35. The van der Waals surface area contributed by atoms with E-state index < -0.39 is 12.5 Å². The molecule has 142 valence electrons. The van der Waals surface area contributed by atoms with E-state index in [0.717, 1.165) is 11.4 Å². The van der Waals surface area contributed by atoms with Crippen molar-refractivity contribution in [3.8, 4) is 11.8 Å². The molecular formula is C17H20F4N4O. The van der Waals surface area contributed by atoms with Crippen molar-refractivity contribution in [2.24, 2.45) is 5.92 Å². The van der Waals surface area contributed by atoms with Crippen molar-refractivity contribution >= 4 is 0 Å². The van der Waals surface area contributed by atoms with Crippen LogP contribution >= 0.6 is 0 Å². The second-order valence-corrected chi connectivity index (χ2v) is 6.72. The molecule has 5 nitrogen and oxygen atoms in total. The van der Waals surface area contributed by atoms with Gasteiger partial charge in [-0.15, -0.1) is 0 Å². The van der Waals surface area contributed by atoms with Gasteiger partial charge in [0.25, 0.3) is 5.95 Å². The number of aromatic nitrogens is 4. The smallest absolute Gasteiger partial charge is 0.388 e. The van der Waals surface area contributed by atoms with Crippen LogP contribution in [0.25, 0.3) is 5.95 Å². The molecule has 0 aliphatic heterocycles. The molecule has 0 atom stereocenters. The summed E-state index contributed by atoms with van der Waals surface area (Å²) < 4.78 is 57.8. The fourth-order valence-electron chi connectivity index (χ4n) is 3.24. The third kappa shape index (κ3) is 4.50. The SMILES string of the molecule is Cc1cc(C)n(-c2nc(CC3CCC(F)(F)CC3)cc(OC(F)F)n2)n1. The number of halogens is 4. The molecule has 2 heterocycles. The molecule has 0 spiro atoms. The zero-order chi connectivity index (χ0) is 18.9. The summed E-state index contributed by atoms with van der Waals surface area (Å²) in [5.41, 5.74) is 1.97. The molecule has 1 aliphatic rings. The predicted octanol–water partition coefficient (Wildman–Crippen LogP) is 4.25. The highest BCUT2D eigenvalue weighted by atomic mass is 19.3. The molecule has 0 radical (unpaired) electrons. The van der Waals surface area contributed by atoms with Crippen LogP contribution in [0.1, 0.15) is 42.8 Å². The molecule has 3 rings (SSSR count). The van der Waals surface area contributed by atoms with E-state index in [1.54, 1.807) is 13.8 Å². The van der Waals surface area contributed by atoms with E-state index in [4.69, 9.17) is 0 Å². The Morgan fingerprint density at radius 3 is 2.46 bits per heavy atom. The van der Waals surface area contributed by atoms with Crippen LogP contribution in [0.3, 0.4) is 0 Å². The Bertz CT molecular complexity index is 768. The Kier molecular flexibility index (Phi) is 5.15. The minimum absolute atomic E-state index is 0.0252. The highest BCUT2D eigenvalue weighted by molar-refractivity contribution is 5.26. The van der Waals surface area contributed by atoms with Crippen LogP contribution in [0.2, 0.25) is 0 Å². The summed E-state index contributed by atoms with van der Waals surface area (Å²) >= 11 is 0. The van der Waals surface area contributed by atoms with Crippen LogP contribution in [0.4, 0.5) is 17.6 Å². The normalized spacial score (nSPS) is 17.7. The molecule has 1 saturated carbocycles. The number of nitrogens with zero attached hydrogens (tertiary/aromatic N) is 4. The monoisotopic (exact) mass is 372 g/mol. The van der Waals surface area contributed by atoms with Gasteiger partial charge in [0, 0.05) is 24.6 Å². The predicted molar refractivity (Wildman–Crippen MR) is 85.9 cm³/mol. The van der Waals surface area contributed by atoms with Crippen LogP contribution in [-0.4, -0.2) is 32.3 Å². The summed E-state index contributed by atoms with van der Waals surface area (Å²) in [6, 6.07) is 3.15. The van der Waals surface area contributed by atoms with Crippen molar-refractivity contribution in [1.29, 1.82) is 0 Å². The Morgan fingerprint density at radius 2 is 1.88 bits per heavy atom. The summed E-state index contributed by atoms with van der Waals surface area (Å²) in [5, 5.41) is 4.26. The molecular weight excluding hydrogens is 352 g/mol. The number of rotatable bonds is 5. The first-order valence-electron chi connectivity index (χ1n) is 8.46. The minimum atomic E-state index is -3.01. The Hall–Kier alpha value is -2.19. The lowest BCUT2D eigenvalue weighted by atomic mass is 9.84. The van der Waals surface area contributed by atoms with E-state index in [-0.39, 0.29) is 30.6 Å². The maximum absolute atomic E-state index is 13.3. The summed E-state index contributed by atoms with van der Waals surface area (Å²) in [7, 11) is 0. The third-order valence-electron chi connectivity index (χ3n) is 4.49. The maximum atomic E-state index is 13.3. The fourth-order valence-corrected chi connectivity index (χ4v) is 3.24. The van der Waals surface area contributed by atoms with E-state index >= 15 is 0 Å². The molecule has 0 bridgehead atoms.